The molecule has 0 saturated carbocycles. The van der Waals surface area contributed by atoms with Crippen molar-refractivity contribution < 1.29 is 0 Å². The first-order valence-corrected chi connectivity index (χ1v) is 14.6. The number of hydrogen-bond donors (Lipinski definition) is 2. The van der Waals surface area contributed by atoms with Gasteiger partial charge >= 0.3 is 0 Å². The molecule has 36 heavy (non-hydrogen) atoms. The number of nitrogens with zero attached hydrogens (tertiary/aromatic N) is 2. The molecule has 8 bridgehead atoms. The van der Waals surface area contributed by atoms with E-state index in [1.165, 1.54) is 36.8 Å². The van der Waals surface area contributed by atoms with Crippen molar-refractivity contribution in [2.45, 2.75) is 65.2 Å². The minimum absolute atomic E-state index is 0.944. The van der Waals surface area contributed by atoms with Crippen LogP contribution in [0.3, 0.4) is 0 Å². The van der Waals surface area contributed by atoms with Gasteiger partial charge in [-0.05, 0) is 106 Å². The molecule has 0 fully saturated rings. The molecule has 0 aliphatic carbocycles. The van der Waals surface area contributed by atoms with Crippen LogP contribution in [-0.2, 0) is 12.8 Å². The summed E-state index contributed by atoms with van der Waals surface area (Å²) < 4.78 is 1.96. The van der Waals surface area contributed by atoms with E-state index < -0.39 is 0 Å². The van der Waals surface area contributed by atoms with Crippen LogP contribution in [0.1, 0.15) is 86.3 Å². The molecule has 6 heteroatoms. The van der Waals surface area contributed by atoms with Crippen molar-refractivity contribution in [1.29, 1.82) is 0 Å². The van der Waals surface area contributed by atoms with Gasteiger partial charge in [-0.25, -0.2) is 9.97 Å². The maximum atomic E-state index is 5.06. The highest BCUT2D eigenvalue weighted by atomic mass is 79.9. The summed E-state index contributed by atoms with van der Waals surface area (Å²) >= 11 is 7.69. The van der Waals surface area contributed by atoms with E-state index in [1.54, 1.807) is 0 Å². The largest absolute Gasteiger partial charge is 0.354 e. The fourth-order valence-electron chi connectivity index (χ4n) is 4.88. The first-order valence-electron chi connectivity index (χ1n) is 13.0. The summed E-state index contributed by atoms with van der Waals surface area (Å²) in [4.78, 5) is 17.4. The molecule has 186 valence electrons. The highest BCUT2D eigenvalue weighted by molar-refractivity contribution is 9.11. The summed E-state index contributed by atoms with van der Waals surface area (Å²) in [5.41, 5.74) is 10.8. The zero-order valence-electron chi connectivity index (χ0n) is 20.9. The molecule has 0 unspecified atom stereocenters. The third-order valence-corrected chi connectivity index (χ3v) is 8.57. The topological polar surface area (TPSA) is 57.4 Å². The molecule has 5 heterocycles. The number of aryl methyl sites for hydroxylation is 2. The molecule has 3 aromatic heterocycles. The quantitative estimate of drug-likeness (QED) is 0.172. The van der Waals surface area contributed by atoms with E-state index >= 15 is 0 Å². The lowest BCUT2D eigenvalue weighted by molar-refractivity contribution is 0.717. The van der Waals surface area contributed by atoms with Gasteiger partial charge in [0.2, 0.25) is 0 Å². The van der Waals surface area contributed by atoms with Crippen molar-refractivity contribution in [3.8, 4) is 0 Å². The van der Waals surface area contributed by atoms with E-state index in [1.807, 2.05) is 0 Å². The Hall–Kier alpha value is -2.44. The van der Waals surface area contributed by atoms with Crippen LogP contribution in [0.4, 0.5) is 0 Å². The van der Waals surface area contributed by atoms with Crippen molar-refractivity contribution in [3.63, 3.8) is 0 Å². The summed E-state index contributed by atoms with van der Waals surface area (Å²) in [7, 11) is 0. The zero-order valence-corrected chi connectivity index (χ0v) is 24.1. The molecular weight excluding hydrogens is 576 g/mol. The van der Waals surface area contributed by atoms with Crippen LogP contribution in [0.5, 0.6) is 0 Å². The van der Waals surface area contributed by atoms with Crippen LogP contribution >= 0.6 is 31.9 Å². The maximum Gasteiger partial charge on any atom is 0.0800 e. The Labute approximate surface area is 229 Å². The lowest BCUT2D eigenvalue weighted by Gasteiger charge is -2.03. The van der Waals surface area contributed by atoms with Gasteiger partial charge in [-0.3, -0.25) is 0 Å². The number of aromatic nitrogens is 4. The molecule has 4 nitrogen and oxygen atoms in total. The second-order valence-electron chi connectivity index (χ2n) is 9.50. The van der Waals surface area contributed by atoms with Crippen LogP contribution in [0.25, 0.3) is 46.4 Å². The summed E-state index contributed by atoms with van der Waals surface area (Å²) in [5.74, 6) is 0. The minimum atomic E-state index is 0.944. The number of hydrogen-bond acceptors (Lipinski definition) is 2. The fourth-order valence-corrected chi connectivity index (χ4v) is 5.79. The van der Waals surface area contributed by atoms with Crippen molar-refractivity contribution in [1.82, 2.24) is 19.9 Å². The molecule has 0 atom stereocenters. The van der Waals surface area contributed by atoms with Crippen molar-refractivity contribution in [2.24, 2.45) is 0 Å². The third kappa shape index (κ3) is 5.16. The van der Waals surface area contributed by atoms with Crippen LogP contribution in [0.15, 0.2) is 33.2 Å². The lowest BCUT2D eigenvalue weighted by Crippen LogP contribution is -1.92. The summed E-state index contributed by atoms with van der Waals surface area (Å²) in [6.07, 6.45) is 17.6. The van der Waals surface area contributed by atoms with Gasteiger partial charge in [-0.1, -0.05) is 39.5 Å². The van der Waals surface area contributed by atoms with E-state index in [0.717, 1.165) is 79.5 Å². The van der Waals surface area contributed by atoms with Crippen molar-refractivity contribution in [3.05, 3.63) is 67.1 Å². The number of halogens is 2. The average Bonchev–Trinajstić information content (AvgIpc) is 3.69. The lowest BCUT2D eigenvalue weighted by atomic mass is 10.1. The summed E-state index contributed by atoms with van der Waals surface area (Å²) in [6.45, 7) is 4.48. The van der Waals surface area contributed by atoms with Crippen LogP contribution in [-0.4, -0.2) is 19.9 Å². The number of H-pyrrole nitrogens is 2. The van der Waals surface area contributed by atoms with Gasteiger partial charge in [0.1, 0.15) is 0 Å². The van der Waals surface area contributed by atoms with E-state index in [0.29, 0.717) is 0 Å². The van der Waals surface area contributed by atoms with Crippen molar-refractivity contribution >= 4 is 78.2 Å². The molecular formula is C30H32Br2N4. The Morgan fingerprint density at radius 2 is 0.944 bits per heavy atom. The Balaban J connectivity index is 1.81. The predicted molar refractivity (Wildman–Crippen MR) is 161 cm³/mol. The van der Waals surface area contributed by atoms with E-state index in [9.17, 15) is 0 Å². The molecule has 0 aromatic carbocycles. The van der Waals surface area contributed by atoms with E-state index in [-0.39, 0.29) is 0 Å². The van der Waals surface area contributed by atoms with E-state index in [4.69, 9.17) is 9.97 Å². The first-order chi connectivity index (χ1) is 17.6. The van der Waals surface area contributed by atoms with Gasteiger partial charge in [0.05, 0.1) is 42.8 Å². The van der Waals surface area contributed by atoms with Crippen LogP contribution in [0.2, 0.25) is 0 Å². The zero-order chi connectivity index (χ0) is 25.1. The monoisotopic (exact) mass is 606 g/mol. The highest BCUT2D eigenvalue weighted by Crippen LogP contribution is 2.31. The fraction of sp³-hybridized carbons (Fsp3) is 0.333. The molecule has 0 spiro atoms. The molecule has 2 aliphatic heterocycles. The number of nitrogens with one attached hydrogen (secondary N) is 2. The van der Waals surface area contributed by atoms with Gasteiger partial charge in [-0.2, -0.15) is 0 Å². The number of rotatable bonds is 8. The van der Waals surface area contributed by atoms with E-state index in [2.05, 4.69) is 104 Å². The highest BCUT2D eigenvalue weighted by Gasteiger charge is 2.14. The van der Waals surface area contributed by atoms with Crippen molar-refractivity contribution in [2.75, 3.05) is 0 Å². The number of aromatic amines is 2. The molecule has 0 saturated heterocycles. The summed E-state index contributed by atoms with van der Waals surface area (Å²) in [5, 5.41) is 0. The Morgan fingerprint density at radius 1 is 0.556 bits per heavy atom. The molecule has 2 aliphatic rings. The van der Waals surface area contributed by atoms with Gasteiger partial charge in [-0.15, -0.1) is 0 Å². The Bertz CT molecular complexity index is 1380. The average molecular weight is 608 g/mol. The number of unbranched alkanes of at least 4 members (excludes halogenated alkanes) is 4. The maximum absolute atomic E-state index is 5.06. The number of fused-ring (bicyclic) bond motifs is 8. The Morgan fingerprint density at radius 3 is 1.36 bits per heavy atom. The second kappa shape index (κ2) is 11.3. The normalized spacial score (nSPS) is 12.6. The third-order valence-electron chi connectivity index (χ3n) is 6.90. The predicted octanol–water partition coefficient (Wildman–Crippen LogP) is 9.65. The SMILES string of the molecule is CCCCCc1c2nc(c(Br)c3ccc([nH]3)c(CCCCC)c3nc(c(Br)c4ccc1[nH]4)C=C3)C=C2. The Kier molecular flexibility index (Phi) is 7.92. The van der Waals surface area contributed by atoms with Gasteiger partial charge < -0.3 is 9.97 Å². The van der Waals surface area contributed by atoms with Gasteiger partial charge in [0.15, 0.2) is 0 Å². The first kappa shape index (κ1) is 25.2. The summed E-state index contributed by atoms with van der Waals surface area (Å²) in [6, 6.07) is 8.62. The standard InChI is InChI=1S/C30H32Br2N4/c1-3-5-7-9-19-21-11-15-25(33-21)29(31)27-17-13-23(35-27)20(10-8-6-4-2)24-14-18-28(36-24)30(32)26-16-12-22(19)34-26/h11-18,33,36H,3-10H2,1-2H3. The van der Waals surface area contributed by atoms with Crippen LogP contribution < -0.4 is 0 Å². The van der Waals surface area contributed by atoms with Crippen LogP contribution in [0, 0.1) is 0 Å². The smallest absolute Gasteiger partial charge is 0.0800 e. The second-order valence-corrected chi connectivity index (χ2v) is 11.1. The van der Waals surface area contributed by atoms with Gasteiger partial charge in [0, 0.05) is 22.2 Å². The molecule has 2 N–H and O–H groups in total. The van der Waals surface area contributed by atoms with Gasteiger partial charge in [0.25, 0.3) is 0 Å². The molecule has 0 radical (unpaired) electrons. The minimum Gasteiger partial charge on any atom is -0.354 e. The molecule has 3 aromatic rings. The molecule has 0 amide bonds. The molecule has 5 rings (SSSR count).